The molecular formula is C17H15Cl2NO4. The zero-order chi connectivity index (χ0) is 17.7. The van der Waals surface area contributed by atoms with Crippen LogP contribution in [-0.4, -0.2) is 23.6 Å². The summed E-state index contributed by atoms with van der Waals surface area (Å²) in [4.78, 5) is 23.7. The fourth-order valence-electron chi connectivity index (χ4n) is 2.07. The summed E-state index contributed by atoms with van der Waals surface area (Å²) in [7, 11) is 0. The highest BCUT2D eigenvalue weighted by molar-refractivity contribution is 6.35. The molecule has 0 bridgehead atoms. The predicted molar refractivity (Wildman–Crippen MR) is 91.4 cm³/mol. The summed E-state index contributed by atoms with van der Waals surface area (Å²) in [5.41, 5.74) is 0.695. The first-order valence-corrected chi connectivity index (χ1v) is 7.83. The number of benzene rings is 2. The van der Waals surface area contributed by atoms with E-state index in [1.165, 1.54) is 12.1 Å². The highest BCUT2D eigenvalue weighted by Gasteiger charge is 2.16. The first kappa shape index (κ1) is 18.1. The Morgan fingerprint density at radius 1 is 1.21 bits per heavy atom. The van der Waals surface area contributed by atoms with Crippen LogP contribution in [0.25, 0.3) is 0 Å². The van der Waals surface area contributed by atoms with Crippen molar-refractivity contribution in [2.24, 2.45) is 0 Å². The lowest BCUT2D eigenvalue weighted by atomic mass is 10.1. The standard InChI is InChI=1S/C17H15Cl2NO4/c1-10(12-7-6-11(18)8-14(12)19)20-16(22)9-24-17(23)13-4-2-3-5-15(13)21/h2-8,10,21H,9H2,1H3,(H,20,22)/t10-/m1/s1. The van der Waals surface area contributed by atoms with Crippen molar-refractivity contribution in [1.29, 1.82) is 0 Å². The zero-order valence-corrected chi connectivity index (χ0v) is 14.3. The highest BCUT2D eigenvalue weighted by Crippen LogP contribution is 2.26. The summed E-state index contributed by atoms with van der Waals surface area (Å²) in [5.74, 6) is -1.47. The number of nitrogens with one attached hydrogen (secondary N) is 1. The molecule has 2 N–H and O–H groups in total. The van der Waals surface area contributed by atoms with Crippen LogP contribution in [0.4, 0.5) is 0 Å². The molecule has 2 rings (SSSR count). The van der Waals surface area contributed by atoms with Crippen LogP contribution in [-0.2, 0) is 9.53 Å². The number of esters is 1. The van der Waals surface area contributed by atoms with Crippen LogP contribution in [0.1, 0.15) is 28.9 Å². The molecule has 24 heavy (non-hydrogen) atoms. The summed E-state index contributed by atoms with van der Waals surface area (Å²) in [6.45, 7) is 1.28. The Kier molecular flexibility index (Phi) is 6.06. The molecule has 0 radical (unpaired) electrons. The van der Waals surface area contributed by atoms with Crippen molar-refractivity contribution in [3.63, 3.8) is 0 Å². The summed E-state index contributed by atoms with van der Waals surface area (Å²) < 4.78 is 4.89. The topological polar surface area (TPSA) is 75.6 Å². The average molecular weight is 368 g/mol. The van der Waals surface area contributed by atoms with Gasteiger partial charge in [-0.2, -0.15) is 0 Å². The lowest BCUT2D eigenvalue weighted by Crippen LogP contribution is -2.31. The van der Waals surface area contributed by atoms with Gasteiger partial charge in [-0.15, -0.1) is 0 Å². The van der Waals surface area contributed by atoms with E-state index in [1.54, 1.807) is 37.3 Å². The summed E-state index contributed by atoms with van der Waals surface area (Å²) in [6, 6.07) is 10.5. The van der Waals surface area contributed by atoms with Crippen LogP contribution in [0, 0.1) is 0 Å². The Hall–Kier alpha value is -2.24. The van der Waals surface area contributed by atoms with Crippen molar-refractivity contribution in [3.05, 3.63) is 63.6 Å². The Balaban J connectivity index is 1.91. The SMILES string of the molecule is C[C@@H](NC(=O)COC(=O)c1ccccc1O)c1ccc(Cl)cc1Cl. The molecule has 0 unspecified atom stereocenters. The van der Waals surface area contributed by atoms with Crippen LogP contribution in [0.15, 0.2) is 42.5 Å². The first-order valence-electron chi connectivity index (χ1n) is 7.08. The lowest BCUT2D eigenvalue weighted by molar-refractivity contribution is -0.124. The molecule has 0 saturated heterocycles. The van der Waals surface area contributed by atoms with E-state index < -0.39 is 18.5 Å². The van der Waals surface area contributed by atoms with Gasteiger partial charge in [-0.05, 0) is 36.8 Å². The first-order chi connectivity index (χ1) is 11.4. The zero-order valence-electron chi connectivity index (χ0n) is 12.8. The minimum atomic E-state index is -0.777. The van der Waals surface area contributed by atoms with Gasteiger partial charge in [-0.3, -0.25) is 4.79 Å². The molecular weight excluding hydrogens is 353 g/mol. The van der Waals surface area contributed by atoms with Gasteiger partial charge < -0.3 is 15.2 Å². The smallest absolute Gasteiger partial charge is 0.342 e. The van der Waals surface area contributed by atoms with Gasteiger partial charge in [0.05, 0.1) is 6.04 Å². The van der Waals surface area contributed by atoms with Crippen LogP contribution in [0.3, 0.4) is 0 Å². The van der Waals surface area contributed by atoms with Gasteiger partial charge >= 0.3 is 5.97 Å². The monoisotopic (exact) mass is 367 g/mol. The summed E-state index contributed by atoms with van der Waals surface area (Å²) in [5, 5.41) is 13.2. The van der Waals surface area contributed by atoms with E-state index >= 15 is 0 Å². The van der Waals surface area contributed by atoms with Crippen molar-refractivity contribution in [1.82, 2.24) is 5.32 Å². The van der Waals surface area contributed by atoms with Gasteiger partial charge in [-0.25, -0.2) is 4.79 Å². The van der Waals surface area contributed by atoms with Crippen molar-refractivity contribution in [2.45, 2.75) is 13.0 Å². The molecule has 0 saturated carbocycles. The normalized spacial score (nSPS) is 11.6. The molecule has 1 amide bonds. The molecule has 0 aliphatic heterocycles. The second-order valence-corrected chi connectivity index (χ2v) is 5.89. The minimum Gasteiger partial charge on any atom is -0.507 e. The molecule has 5 nitrogen and oxygen atoms in total. The average Bonchev–Trinajstić information content (AvgIpc) is 2.52. The van der Waals surface area contributed by atoms with Gasteiger partial charge in [0.2, 0.25) is 0 Å². The maximum absolute atomic E-state index is 11.9. The molecule has 7 heteroatoms. The molecule has 0 heterocycles. The lowest BCUT2D eigenvalue weighted by Gasteiger charge is -2.16. The van der Waals surface area contributed by atoms with E-state index in [4.69, 9.17) is 27.9 Å². The second-order valence-electron chi connectivity index (χ2n) is 5.05. The predicted octanol–water partition coefficient (Wildman–Crippen LogP) is 3.73. The van der Waals surface area contributed by atoms with Crippen molar-refractivity contribution in [3.8, 4) is 5.75 Å². The molecule has 2 aromatic carbocycles. The third-order valence-electron chi connectivity index (χ3n) is 3.26. The quantitative estimate of drug-likeness (QED) is 0.789. The van der Waals surface area contributed by atoms with Gasteiger partial charge in [0, 0.05) is 10.0 Å². The minimum absolute atomic E-state index is 0.000839. The molecule has 0 spiro atoms. The Morgan fingerprint density at radius 3 is 2.58 bits per heavy atom. The van der Waals surface area contributed by atoms with Crippen LogP contribution in [0.2, 0.25) is 10.0 Å². The number of halogens is 2. The maximum Gasteiger partial charge on any atom is 0.342 e. The molecule has 0 aliphatic rings. The maximum atomic E-state index is 11.9. The fraction of sp³-hybridized carbons (Fsp3) is 0.176. The molecule has 0 aromatic heterocycles. The van der Waals surface area contributed by atoms with Crippen molar-refractivity contribution < 1.29 is 19.4 Å². The van der Waals surface area contributed by atoms with Crippen molar-refractivity contribution in [2.75, 3.05) is 6.61 Å². The van der Waals surface area contributed by atoms with Crippen LogP contribution in [0.5, 0.6) is 5.75 Å². The van der Waals surface area contributed by atoms with E-state index in [0.717, 1.165) is 0 Å². The third kappa shape index (κ3) is 4.63. The molecule has 2 aromatic rings. The Bertz CT molecular complexity index is 764. The van der Waals surface area contributed by atoms with E-state index in [-0.39, 0.29) is 17.4 Å². The van der Waals surface area contributed by atoms with Gasteiger partial charge in [0.1, 0.15) is 11.3 Å². The highest BCUT2D eigenvalue weighted by atomic mass is 35.5. The van der Waals surface area contributed by atoms with Gasteiger partial charge in [0.15, 0.2) is 6.61 Å². The van der Waals surface area contributed by atoms with E-state index in [1.807, 2.05) is 0 Å². The number of para-hydroxylation sites is 1. The number of hydrogen-bond acceptors (Lipinski definition) is 4. The fourth-order valence-corrected chi connectivity index (χ4v) is 2.64. The van der Waals surface area contributed by atoms with Gasteiger partial charge in [0.25, 0.3) is 5.91 Å². The molecule has 0 aliphatic carbocycles. The van der Waals surface area contributed by atoms with Crippen molar-refractivity contribution >= 4 is 35.1 Å². The number of rotatable bonds is 5. The van der Waals surface area contributed by atoms with E-state index in [0.29, 0.717) is 15.6 Å². The number of carbonyl (C=O) groups excluding carboxylic acids is 2. The number of ether oxygens (including phenoxy) is 1. The number of aromatic hydroxyl groups is 1. The molecule has 0 fully saturated rings. The number of amides is 1. The Labute approximate surface area is 149 Å². The Morgan fingerprint density at radius 2 is 1.92 bits per heavy atom. The number of phenols is 1. The molecule has 1 atom stereocenters. The number of phenolic OH excluding ortho intramolecular Hbond substituents is 1. The van der Waals surface area contributed by atoms with Crippen LogP contribution < -0.4 is 5.32 Å². The van der Waals surface area contributed by atoms with E-state index in [9.17, 15) is 14.7 Å². The van der Waals surface area contributed by atoms with Gasteiger partial charge in [-0.1, -0.05) is 41.4 Å². The summed E-state index contributed by atoms with van der Waals surface area (Å²) >= 11 is 11.9. The second kappa shape index (κ2) is 8.04. The third-order valence-corrected chi connectivity index (χ3v) is 3.83. The largest absolute Gasteiger partial charge is 0.507 e. The van der Waals surface area contributed by atoms with E-state index in [2.05, 4.69) is 5.32 Å². The number of carbonyl (C=O) groups is 2. The van der Waals surface area contributed by atoms with Crippen LogP contribution >= 0.6 is 23.2 Å². The molecule has 126 valence electrons. The summed E-state index contributed by atoms with van der Waals surface area (Å²) in [6.07, 6.45) is 0. The number of hydrogen-bond donors (Lipinski definition) is 2.